The fourth-order valence-corrected chi connectivity index (χ4v) is 3.69. The summed E-state index contributed by atoms with van der Waals surface area (Å²) in [6.45, 7) is 1.99. The summed E-state index contributed by atoms with van der Waals surface area (Å²) in [4.78, 5) is 41.3. The van der Waals surface area contributed by atoms with Gasteiger partial charge in [0, 0.05) is 12.2 Å². The van der Waals surface area contributed by atoms with E-state index >= 15 is 0 Å². The second-order valence-electron chi connectivity index (χ2n) is 7.98. The minimum Gasteiger partial charge on any atom is -0.497 e. The van der Waals surface area contributed by atoms with Crippen LogP contribution in [0.25, 0.3) is 0 Å². The van der Waals surface area contributed by atoms with Gasteiger partial charge in [0.2, 0.25) is 11.8 Å². The van der Waals surface area contributed by atoms with Crippen molar-refractivity contribution in [2.45, 2.75) is 13.5 Å². The highest BCUT2D eigenvalue weighted by atomic mass is 16.5. The van der Waals surface area contributed by atoms with Crippen molar-refractivity contribution in [3.05, 3.63) is 83.9 Å². The fourth-order valence-electron chi connectivity index (χ4n) is 3.69. The van der Waals surface area contributed by atoms with Crippen LogP contribution in [0.4, 0.5) is 21.9 Å². The summed E-state index contributed by atoms with van der Waals surface area (Å²) in [6.07, 6.45) is 0. The lowest BCUT2D eigenvalue weighted by atomic mass is 10.1. The number of para-hydroxylation sites is 2. The number of hydrogen-bond donors (Lipinski definition) is 2. The maximum absolute atomic E-state index is 13.0. The lowest BCUT2D eigenvalue weighted by Gasteiger charge is -2.35. The molecule has 1 aliphatic heterocycles. The number of benzene rings is 3. The van der Waals surface area contributed by atoms with Gasteiger partial charge in [0.1, 0.15) is 18.8 Å². The van der Waals surface area contributed by atoms with Crippen molar-refractivity contribution in [3.63, 3.8) is 0 Å². The first-order chi connectivity index (χ1) is 16.4. The lowest BCUT2D eigenvalue weighted by Crippen LogP contribution is -2.51. The van der Waals surface area contributed by atoms with E-state index in [1.807, 2.05) is 55.5 Å². The highest BCUT2D eigenvalue weighted by Crippen LogP contribution is 2.33. The highest BCUT2D eigenvalue weighted by Gasteiger charge is 2.33. The summed E-state index contributed by atoms with van der Waals surface area (Å²) >= 11 is 0. The standard InChI is InChI=1S/C26H26N4O4/c1-18-7-11-20(12-8-18)28-26(33)30-17-25(32)29(22-5-3-4-6-23(22)30)16-24(31)27-15-19-9-13-21(34-2)14-10-19/h3-14H,15-17H2,1-2H3,(H,27,31)(H,28,33). The minimum absolute atomic E-state index is 0.139. The number of amides is 4. The van der Waals surface area contributed by atoms with E-state index in [0.717, 1.165) is 16.9 Å². The van der Waals surface area contributed by atoms with Crippen LogP contribution in [0.15, 0.2) is 72.8 Å². The van der Waals surface area contributed by atoms with E-state index in [2.05, 4.69) is 10.6 Å². The largest absolute Gasteiger partial charge is 0.497 e. The van der Waals surface area contributed by atoms with E-state index in [4.69, 9.17) is 4.74 Å². The fraction of sp³-hybridized carbons (Fsp3) is 0.192. The topological polar surface area (TPSA) is 91.0 Å². The zero-order valence-corrected chi connectivity index (χ0v) is 19.1. The number of fused-ring (bicyclic) bond motifs is 1. The normalized spacial score (nSPS) is 12.7. The monoisotopic (exact) mass is 458 g/mol. The molecule has 4 amide bonds. The molecule has 8 heteroatoms. The Kier molecular flexibility index (Phi) is 6.77. The predicted octanol–water partition coefficient (Wildman–Crippen LogP) is 3.71. The molecule has 34 heavy (non-hydrogen) atoms. The summed E-state index contributed by atoms with van der Waals surface area (Å²) in [7, 11) is 1.59. The smallest absolute Gasteiger partial charge is 0.326 e. The number of ether oxygens (including phenoxy) is 1. The molecule has 0 unspecified atom stereocenters. The van der Waals surface area contributed by atoms with Crippen LogP contribution in [-0.2, 0) is 16.1 Å². The van der Waals surface area contributed by atoms with E-state index in [0.29, 0.717) is 23.6 Å². The molecule has 1 aliphatic rings. The van der Waals surface area contributed by atoms with Crippen molar-refractivity contribution in [1.82, 2.24) is 5.32 Å². The average molecular weight is 459 g/mol. The van der Waals surface area contributed by atoms with Gasteiger partial charge in [-0.1, -0.05) is 42.0 Å². The Balaban J connectivity index is 1.44. The van der Waals surface area contributed by atoms with Gasteiger partial charge < -0.3 is 15.4 Å². The van der Waals surface area contributed by atoms with Crippen LogP contribution in [0.5, 0.6) is 5.75 Å². The third-order valence-electron chi connectivity index (χ3n) is 5.56. The van der Waals surface area contributed by atoms with Gasteiger partial charge in [0.05, 0.1) is 18.5 Å². The van der Waals surface area contributed by atoms with Crippen LogP contribution in [-0.4, -0.2) is 38.0 Å². The van der Waals surface area contributed by atoms with Gasteiger partial charge in [-0.2, -0.15) is 0 Å². The number of methoxy groups -OCH3 is 1. The van der Waals surface area contributed by atoms with Crippen LogP contribution >= 0.6 is 0 Å². The number of carbonyl (C=O) groups excluding carboxylic acids is 3. The van der Waals surface area contributed by atoms with E-state index in [1.54, 1.807) is 31.4 Å². The molecule has 0 atom stereocenters. The molecule has 0 radical (unpaired) electrons. The van der Waals surface area contributed by atoms with Gasteiger partial charge in [0.15, 0.2) is 0 Å². The van der Waals surface area contributed by atoms with E-state index < -0.39 is 6.03 Å². The third kappa shape index (κ3) is 5.17. The Labute approximate surface area is 198 Å². The lowest BCUT2D eigenvalue weighted by molar-refractivity contribution is -0.123. The first-order valence-corrected chi connectivity index (χ1v) is 10.9. The molecule has 0 saturated carbocycles. The third-order valence-corrected chi connectivity index (χ3v) is 5.56. The van der Waals surface area contributed by atoms with Crippen LogP contribution < -0.4 is 25.2 Å². The number of nitrogens with one attached hydrogen (secondary N) is 2. The second kappa shape index (κ2) is 10.1. The number of nitrogens with zero attached hydrogens (tertiary/aromatic N) is 2. The molecule has 3 aromatic rings. The molecule has 4 rings (SSSR count). The second-order valence-corrected chi connectivity index (χ2v) is 7.98. The molecule has 0 aromatic heterocycles. The summed E-state index contributed by atoms with van der Waals surface area (Å²) in [5, 5.41) is 5.67. The molecule has 1 heterocycles. The zero-order chi connectivity index (χ0) is 24.1. The molecule has 0 fully saturated rings. The summed E-state index contributed by atoms with van der Waals surface area (Å²) in [6, 6.07) is 21.4. The first kappa shape index (κ1) is 22.8. The average Bonchev–Trinajstić information content (AvgIpc) is 2.86. The van der Waals surface area contributed by atoms with Crippen molar-refractivity contribution in [2.24, 2.45) is 0 Å². The summed E-state index contributed by atoms with van der Waals surface area (Å²) < 4.78 is 5.14. The molecule has 0 spiro atoms. The molecule has 8 nitrogen and oxygen atoms in total. The zero-order valence-electron chi connectivity index (χ0n) is 19.1. The number of aryl methyl sites for hydroxylation is 1. The maximum Gasteiger partial charge on any atom is 0.326 e. The van der Waals surface area contributed by atoms with E-state index in [-0.39, 0.29) is 24.9 Å². The molecule has 174 valence electrons. The van der Waals surface area contributed by atoms with Gasteiger partial charge in [-0.05, 0) is 48.9 Å². The first-order valence-electron chi connectivity index (χ1n) is 10.9. The van der Waals surface area contributed by atoms with Crippen LogP contribution in [0, 0.1) is 6.92 Å². The van der Waals surface area contributed by atoms with Gasteiger partial charge in [-0.3, -0.25) is 19.4 Å². The SMILES string of the molecule is COc1ccc(CNC(=O)CN2C(=O)CN(C(=O)Nc3ccc(C)cc3)c3ccccc32)cc1. The Morgan fingerprint density at radius 2 is 1.62 bits per heavy atom. The Bertz CT molecular complexity index is 1190. The minimum atomic E-state index is -0.409. The molecule has 0 aliphatic carbocycles. The van der Waals surface area contributed by atoms with E-state index in [9.17, 15) is 14.4 Å². The van der Waals surface area contributed by atoms with Crippen molar-refractivity contribution in [1.29, 1.82) is 0 Å². The number of urea groups is 1. The van der Waals surface area contributed by atoms with Gasteiger partial charge in [-0.25, -0.2) is 4.79 Å². The number of anilines is 3. The van der Waals surface area contributed by atoms with Gasteiger partial charge >= 0.3 is 6.03 Å². The van der Waals surface area contributed by atoms with Crippen molar-refractivity contribution in [2.75, 3.05) is 35.3 Å². The summed E-state index contributed by atoms with van der Waals surface area (Å²) in [5.41, 5.74) is 3.71. The Hall–Kier alpha value is -4.33. The number of rotatable bonds is 6. The number of hydrogen-bond acceptors (Lipinski definition) is 4. The molecule has 2 N–H and O–H groups in total. The molecule has 0 bridgehead atoms. The molecule has 3 aromatic carbocycles. The predicted molar refractivity (Wildman–Crippen MR) is 131 cm³/mol. The van der Waals surface area contributed by atoms with Crippen molar-refractivity contribution >= 4 is 34.9 Å². The van der Waals surface area contributed by atoms with Crippen LogP contribution in [0.2, 0.25) is 0 Å². The maximum atomic E-state index is 13.0. The van der Waals surface area contributed by atoms with Crippen molar-refractivity contribution < 1.29 is 19.1 Å². The van der Waals surface area contributed by atoms with Gasteiger partial charge in [-0.15, -0.1) is 0 Å². The molecule has 0 saturated heterocycles. The quantitative estimate of drug-likeness (QED) is 0.589. The molecular formula is C26H26N4O4. The van der Waals surface area contributed by atoms with E-state index in [1.165, 1.54) is 9.80 Å². The van der Waals surface area contributed by atoms with Crippen LogP contribution in [0.1, 0.15) is 11.1 Å². The highest BCUT2D eigenvalue weighted by molar-refractivity contribution is 6.15. The summed E-state index contributed by atoms with van der Waals surface area (Å²) in [5.74, 6) is 0.107. The number of carbonyl (C=O) groups is 3. The Morgan fingerprint density at radius 1 is 0.941 bits per heavy atom. The Morgan fingerprint density at radius 3 is 2.29 bits per heavy atom. The van der Waals surface area contributed by atoms with Gasteiger partial charge in [0.25, 0.3) is 0 Å². The molecular weight excluding hydrogens is 432 g/mol. The van der Waals surface area contributed by atoms with Crippen LogP contribution in [0.3, 0.4) is 0 Å². The van der Waals surface area contributed by atoms with Crippen molar-refractivity contribution in [3.8, 4) is 5.75 Å².